The summed E-state index contributed by atoms with van der Waals surface area (Å²) in [6, 6.07) is 18.5. The summed E-state index contributed by atoms with van der Waals surface area (Å²) >= 11 is 0. The van der Waals surface area contributed by atoms with Crippen LogP contribution in [0.25, 0.3) is 11.5 Å². The predicted molar refractivity (Wildman–Crippen MR) is 122 cm³/mol. The Bertz CT molecular complexity index is 1200. The summed E-state index contributed by atoms with van der Waals surface area (Å²) < 4.78 is 33.2. The van der Waals surface area contributed by atoms with Gasteiger partial charge in [-0.3, -0.25) is 0 Å². The molecule has 7 nitrogen and oxygen atoms in total. The van der Waals surface area contributed by atoms with Crippen molar-refractivity contribution >= 4 is 15.9 Å². The molecule has 1 N–H and O–H groups in total. The first kappa shape index (κ1) is 22.1. The number of nitriles is 1. The third-order valence-corrected chi connectivity index (χ3v) is 7.51. The highest BCUT2D eigenvalue weighted by Crippen LogP contribution is 2.28. The highest BCUT2D eigenvalue weighted by molar-refractivity contribution is 7.89. The Balaban J connectivity index is 1.47. The Morgan fingerprint density at radius 3 is 2.62 bits per heavy atom. The first-order valence-corrected chi connectivity index (χ1v) is 12.2. The molecule has 0 radical (unpaired) electrons. The Morgan fingerprint density at radius 1 is 1.19 bits per heavy atom. The molecule has 0 saturated carbocycles. The first-order valence-electron chi connectivity index (χ1n) is 10.8. The molecule has 1 saturated heterocycles. The second kappa shape index (κ2) is 9.55. The molecule has 0 aliphatic carbocycles. The predicted octanol–water partition coefficient (Wildman–Crippen LogP) is 4.29. The number of aromatic nitrogens is 1. The van der Waals surface area contributed by atoms with Crippen molar-refractivity contribution in [3.63, 3.8) is 0 Å². The molecule has 1 fully saturated rings. The van der Waals surface area contributed by atoms with Crippen LogP contribution in [0.4, 0.5) is 5.88 Å². The number of rotatable bonds is 7. The molecule has 1 aliphatic rings. The maximum atomic E-state index is 13.0. The van der Waals surface area contributed by atoms with Gasteiger partial charge >= 0.3 is 0 Å². The van der Waals surface area contributed by atoms with Crippen molar-refractivity contribution in [2.24, 2.45) is 5.92 Å². The summed E-state index contributed by atoms with van der Waals surface area (Å²) in [5.74, 6) is 0.957. The van der Waals surface area contributed by atoms with Gasteiger partial charge in [-0.2, -0.15) is 14.6 Å². The SMILES string of the molecule is C[C@H]1CCCN(S(=O)(=O)c2ccc(-c3nc(C#N)c(NCCc4ccccc4)o3)cc2)C1. The molecule has 4 rings (SSSR count). The quantitative estimate of drug-likeness (QED) is 0.576. The normalized spacial score (nSPS) is 17.1. The molecule has 32 heavy (non-hydrogen) atoms. The first-order chi connectivity index (χ1) is 15.5. The van der Waals surface area contributed by atoms with E-state index in [0.717, 1.165) is 19.3 Å². The van der Waals surface area contributed by atoms with Crippen LogP contribution in [0.5, 0.6) is 0 Å². The number of nitrogens with one attached hydrogen (secondary N) is 1. The van der Waals surface area contributed by atoms with Crippen LogP contribution in [0.3, 0.4) is 0 Å². The van der Waals surface area contributed by atoms with Gasteiger partial charge in [-0.1, -0.05) is 37.3 Å². The third kappa shape index (κ3) is 4.85. The summed E-state index contributed by atoms with van der Waals surface area (Å²) in [7, 11) is -3.52. The molecular weight excluding hydrogens is 424 g/mol. The van der Waals surface area contributed by atoms with E-state index in [9.17, 15) is 13.7 Å². The van der Waals surface area contributed by atoms with Crippen LogP contribution in [0.15, 0.2) is 63.9 Å². The average molecular weight is 451 g/mol. The molecule has 166 valence electrons. The van der Waals surface area contributed by atoms with Crippen LogP contribution in [-0.4, -0.2) is 37.3 Å². The minimum absolute atomic E-state index is 0.173. The lowest BCUT2D eigenvalue weighted by Crippen LogP contribution is -2.39. The number of sulfonamides is 1. The van der Waals surface area contributed by atoms with E-state index in [1.807, 2.05) is 36.4 Å². The molecule has 8 heteroatoms. The number of piperidine rings is 1. The van der Waals surface area contributed by atoms with E-state index in [2.05, 4.69) is 17.2 Å². The van der Waals surface area contributed by atoms with Crippen LogP contribution in [0.1, 0.15) is 31.0 Å². The van der Waals surface area contributed by atoms with E-state index >= 15 is 0 Å². The molecule has 0 spiro atoms. The fourth-order valence-electron chi connectivity index (χ4n) is 3.89. The van der Waals surface area contributed by atoms with Crippen LogP contribution in [0.2, 0.25) is 0 Å². The van der Waals surface area contributed by atoms with Crippen molar-refractivity contribution in [1.82, 2.24) is 9.29 Å². The van der Waals surface area contributed by atoms with Gasteiger partial charge in [0.2, 0.25) is 27.5 Å². The Hall–Kier alpha value is -3.15. The number of hydrogen-bond donors (Lipinski definition) is 1. The number of benzene rings is 2. The van der Waals surface area contributed by atoms with Crippen LogP contribution < -0.4 is 5.32 Å². The fourth-order valence-corrected chi connectivity index (χ4v) is 5.49. The van der Waals surface area contributed by atoms with E-state index in [4.69, 9.17) is 4.42 Å². The zero-order valence-electron chi connectivity index (χ0n) is 18.0. The van der Waals surface area contributed by atoms with Gasteiger partial charge in [0.1, 0.15) is 6.07 Å². The minimum Gasteiger partial charge on any atom is -0.419 e. The van der Waals surface area contributed by atoms with Crippen molar-refractivity contribution in [3.8, 4) is 17.5 Å². The van der Waals surface area contributed by atoms with Crippen molar-refractivity contribution < 1.29 is 12.8 Å². The van der Waals surface area contributed by atoms with Gasteiger partial charge in [0.05, 0.1) is 4.90 Å². The number of oxazole rings is 1. The van der Waals surface area contributed by atoms with E-state index in [0.29, 0.717) is 37.0 Å². The van der Waals surface area contributed by atoms with Crippen LogP contribution >= 0.6 is 0 Å². The van der Waals surface area contributed by atoms with Gasteiger partial charge in [0.25, 0.3) is 0 Å². The van der Waals surface area contributed by atoms with Gasteiger partial charge in [0, 0.05) is 25.2 Å². The van der Waals surface area contributed by atoms with Crippen molar-refractivity contribution in [2.75, 3.05) is 25.0 Å². The standard InChI is InChI=1S/C24H26N4O3S/c1-18-6-5-15-28(17-18)32(29,30)21-11-9-20(10-12-21)23-27-22(16-25)24(31-23)26-14-13-19-7-3-2-4-8-19/h2-4,7-12,18,26H,5-6,13-15,17H2,1H3/t18-/m0/s1. The van der Waals surface area contributed by atoms with Gasteiger partial charge in [-0.15, -0.1) is 0 Å². The maximum Gasteiger partial charge on any atom is 0.243 e. The van der Waals surface area contributed by atoms with Gasteiger partial charge in [-0.25, -0.2) is 8.42 Å². The van der Waals surface area contributed by atoms with Crippen molar-refractivity contribution in [1.29, 1.82) is 5.26 Å². The summed E-state index contributed by atoms with van der Waals surface area (Å²) in [5.41, 5.74) is 1.97. The number of nitrogens with zero attached hydrogens (tertiary/aromatic N) is 3. The zero-order chi connectivity index (χ0) is 22.6. The second-order valence-corrected chi connectivity index (χ2v) is 10.0. The lowest BCUT2D eigenvalue weighted by Gasteiger charge is -2.30. The highest BCUT2D eigenvalue weighted by Gasteiger charge is 2.28. The van der Waals surface area contributed by atoms with E-state index < -0.39 is 10.0 Å². The number of hydrogen-bond acceptors (Lipinski definition) is 6. The summed E-state index contributed by atoms with van der Waals surface area (Å²) in [5, 5.41) is 12.5. The van der Waals surface area contributed by atoms with E-state index in [-0.39, 0.29) is 16.5 Å². The van der Waals surface area contributed by atoms with Crippen LogP contribution in [-0.2, 0) is 16.4 Å². The Kier molecular flexibility index (Phi) is 6.58. The van der Waals surface area contributed by atoms with Gasteiger partial charge in [0.15, 0.2) is 0 Å². The maximum absolute atomic E-state index is 13.0. The molecule has 3 aromatic rings. The van der Waals surface area contributed by atoms with Crippen LogP contribution in [0, 0.1) is 17.2 Å². The highest BCUT2D eigenvalue weighted by atomic mass is 32.2. The van der Waals surface area contributed by atoms with Gasteiger partial charge < -0.3 is 9.73 Å². The molecule has 1 aliphatic heterocycles. The van der Waals surface area contributed by atoms with E-state index in [1.165, 1.54) is 5.56 Å². The molecule has 2 aromatic carbocycles. The lowest BCUT2D eigenvalue weighted by molar-refractivity contribution is 0.281. The summed E-state index contributed by atoms with van der Waals surface area (Å²) in [4.78, 5) is 4.52. The summed E-state index contributed by atoms with van der Waals surface area (Å²) in [6.45, 7) is 3.77. The number of anilines is 1. The topological polar surface area (TPSA) is 99.2 Å². The molecular formula is C24H26N4O3S. The average Bonchev–Trinajstić information content (AvgIpc) is 3.23. The van der Waals surface area contributed by atoms with Crippen molar-refractivity contribution in [3.05, 3.63) is 65.9 Å². The molecule has 1 atom stereocenters. The van der Waals surface area contributed by atoms with Gasteiger partial charge in [-0.05, 0) is 55.0 Å². The lowest BCUT2D eigenvalue weighted by atomic mass is 10.0. The molecule has 0 amide bonds. The third-order valence-electron chi connectivity index (χ3n) is 5.63. The molecule has 0 bridgehead atoms. The Labute approximate surface area is 188 Å². The monoisotopic (exact) mass is 450 g/mol. The summed E-state index contributed by atoms with van der Waals surface area (Å²) in [6.07, 6.45) is 2.72. The molecule has 1 aromatic heterocycles. The Morgan fingerprint density at radius 2 is 1.94 bits per heavy atom. The smallest absolute Gasteiger partial charge is 0.243 e. The largest absolute Gasteiger partial charge is 0.419 e. The molecule has 2 heterocycles. The fraction of sp³-hybridized carbons (Fsp3) is 0.333. The van der Waals surface area contributed by atoms with E-state index in [1.54, 1.807) is 28.6 Å². The second-order valence-electron chi connectivity index (χ2n) is 8.11. The minimum atomic E-state index is -3.52. The van der Waals surface area contributed by atoms with Crippen molar-refractivity contribution in [2.45, 2.75) is 31.1 Å². The zero-order valence-corrected chi connectivity index (χ0v) is 18.8. The molecule has 0 unspecified atom stereocenters.